The van der Waals surface area contributed by atoms with Crippen molar-refractivity contribution in [2.75, 3.05) is 6.54 Å². The number of alkyl halides is 5. The normalized spacial score (nSPS) is 11.6. The lowest BCUT2D eigenvalue weighted by atomic mass is 10.3. The summed E-state index contributed by atoms with van der Waals surface area (Å²) < 4.78 is 59.0. The van der Waals surface area contributed by atoms with Crippen LogP contribution in [0.25, 0.3) is 0 Å². The molecule has 7 heteroatoms. The van der Waals surface area contributed by atoms with Gasteiger partial charge in [0.15, 0.2) is 0 Å². The molecule has 80 valence electrons. The van der Waals surface area contributed by atoms with E-state index in [9.17, 15) is 26.7 Å². The molecule has 0 aromatic heterocycles. The first kappa shape index (κ1) is 12.7. The van der Waals surface area contributed by atoms with E-state index < -0.39 is 24.6 Å². The molecule has 1 amide bonds. The monoisotopic (exact) mass is 215 g/mol. The molecule has 0 spiro atoms. The number of nitrogens with one attached hydrogen (secondary N) is 1. The molecule has 1 N–H and O–H groups in total. The van der Waals surface area contributed by atoms with Crippen molar-refractivity contribution in [2.45, 2.75) is 19.0 Å². The Bertz CT molecular complexity index is 272. The summed E-state index contributed by atoms with van der Waals surface area (Å²) in [5, 5.41) is 1.35. The molecular weight excluding hydrogens is 209 g/mol. The van der Waals surface area contributed by atoms with Gasteiger partial charge in [-0.05, 0) is 6.92 Å². The van der Waals surface area contributed by atoms with Crippen molar-refractivity contribution < 1.29 is 26.7 Å². The van der Waals surface area contributed by atoms with Crippen LogP contribution in [0.5, 0.6) is 0 Å². The highest BCUT2D eigenvalue weighted by Crippen LogP contribution is 2.35. The van der Waals surface area contributed by atoms with E-state index in [0.717, 1.165) is 0 Å². The molecule has 14 heavy (non-hydrogen) atoms. The summed E-state index contributed by atoms with van der Waals surface area (Å²) in [6.07, 6.45) is -5.88. The van der Waals surface area contributed by atoms with Crippen molar-refractivity contribution in [3.05, 3.63) is 0 Å². The van der Waals surface area contributed by atoms with E-state index >= 15 is 0 Å². The van der Waals surface area contributed by atoms with Gasteiger partial charge in [0.05, 0.1) is 6.54 Å². The molecule has 2 nitrogen and oxygen atoms in total. The average molecular weight is 215 g/mol. The largest absolute Gasteiger partial charge is 0.463 e. The van der Waals surface area contributed by atoms with Crippen LogP contribution >= 0.6 is 0 Å². The number of carbonyl (C=O) groups is 1. The fraction of sp³-hybridized carbons (Fsp3) is 0.571. The van der Waals surface area contributed by atoms with Gasteiger partial charge in [-0.2, -0.15) is 22.0 Å². The van der Waals surface area contributed by atoms with Gasteiger partial charge in [0.2, 0.25) is 0 Å². The Balaban J connectivity index is 4.42. The first-order valence-electron chi connectivity index (χ1n) is 3.36. The minimum Gasteiger partial charge on any atom is -0.340 e. The maximum Gasteiger partial charge on any atom is 0.463 e. The molecule has 0 rings (SSSR count). The van der Waals surface area contributed by atoms with Crippen molar-refractivity contribution in [3.8, 4) is 11.8 Å². The summed E-state index contributed by atoms with van der Waals surface area (Å²) in [7, 11) is 0. The van der Waals surface area contributed by atoms with E-state index in [4.69, 9.17) is 0 Å². The standard InChI is InChI=1S/C7H6F5NO/c1-2-3-4-13-5(14)6(8,9)7(10,11)12/h4H2,1H3,(H,13,14). The topological polar surface area (TPSA) is 29.1 Å². The second-order valence-corrected chi connectivity index (χ2v) is 2.18. The van der Waals surface area contributed by atoms with Gasteiger partial charge in [0.1, 0.15) is 0 Å². The molecule has 0 aromatic rings. The summed E-state index contributed by atoms with van der Waals surface area (Å²) in [5.74, 6) is -3.43. The minimum absolute atomic E-state index is 0.541. The lowest BCUT2D eigenvalue weighted by Gasteiger charge is -2.17. The van der Waals surface area contributed by atoms with Crippen LogP contribution in [0.4, 0.5) is 22.0 Å². The van der Waals surface area contributed by atoms with Crippen LogP contribution in [0.1, 0.15) is 6.92 Å². The highest BCUT2D eigenvalue weighted by atomic mass is 19.4. The van der Waals surface area contributed by atoms with E-state index in [1.54, 1.807) is 0 Å². The average Bonchev–Trinajstić information content (AvgIpc) is 2.02. The maximum absolute atomic E-state index is 12.2. The smallest absolute Gasteiger partial charge is 0.340 e. The zero-order valence-corrected chi connectivity index (χ0v) is 7.01. The molecule has 0 aliphatic rings. The van der Waals surface area contributed by atoms with Gasteiger partial charge in [0, 0.05) is 0 Å². The Morgan fingerprint density at radius 3 is 2.14 bits per heavy atom. The lowest BCUT2D eigenvalue weighted by molar-refractivity contribution is -0.269. The fourth-order valence-electron chi connectivity index (χ4n) is 0.453. The molecule has 0 radical (unpaired) electrons. The van der Waals surface area contributed by atoms with Crippen molar-refractivity contribution in [2.24, 2.45) is 0 Å². The summed E-state index contributed by atoms with van der Waals surface area (Å²) in [4.78, 5) is 10.3. The van der Waals surface area contributed by atoms with Crippen molar-refractivity contribution in [3.63, 3.8) is 0 Å². The highest BCUT2D eigenvalue weighted by molar-refractivity contribution is 5.84. The van der Waals surface area contributed by atoms with Gasteiger partial charge in [-0.3, -0.25) is 4.79 Å². The zero-order valence-electron chi connectivity index (χ0n) is 7.01. The third kappa shape index (κ3) is 2.87. The van der Waals surface area contributed by atoms with E-state index in [0.29, 0.717) is 0 Å². The van der Waals surface area contributed by atoms with Gasteiger partial charge in [-0.15, -0.1) is 5.92 Å². The Morgan fingerprint density at radius 2 is 1.79 bits per heavy atom. The van der Waals surface area contributed by atoms with Gasteiger partial charge in [-0.25, -0.2) is 0 Å². The number of hydrogen-bond acceptors (Lipinski definition) is 1. The van der Waals surface area contributed by atoms with Gasteiger partial charge < -0.3 is 5.32 Å². The molecular formula is C7H6F5NO. The quantitative estimate of drug-likeness (QED) is 0.546. The highest BCUT2D eigenvalue weighted by Gasteiger charge is 2.63. The van der Waals surface area contributed by atoms with E-state index in [-0.39, 0.29) is 0 Å². The number of rotatable bonds is 2. The third-order valence-electron chi connectivity index (χ3n) is 1.16. The predicted molar refractivity (Wildman–Crippen MR) is 37.5 cm³/mol. The van der Waals surface area contributed by atoms with E-state index in [1.165, 1.54) is 12.2 Å². The van der Waals surface area contributed by atoms with E-state index in [2.05, 4.69) is 11.8 Å². The molecule has 0 unspecified atom stereocenters. The van der Waals surface area contributed by atoms with Crippen LogP contribution in [-0.2, 0) is 4.79 Å². The number of carbonyl (C=O) groups excluding carboxylic acids is 1. The van der Waals surface area contributed by atoms with E-state index in [1.807, 2.05) is 0 Å². The second-order valence-electron chi connectivity index (χ2n) is 2.18. The molecule has 0 heterocycles. The van der Waals surface area contributed by atoms with Gasteiger partial charge in [-0.1, -0.05) is 5.92 Å². The van der Waals surface area contributed by atoms with Crippen LogP contribution in [0.15, 0.2) is 0 Å². The van der Waals surface area contributed by atoms with Crippen LogP contribution in [0.2, 0.25) is 0 Å². The first-order chi connectivity index (χ1) is 6.23. The Kier molecular flexibility index (Phi) is 3.86. The van der Waals surface area contributed by atoms with Crippen LogP contribution in [0.3, 0.4) is 0 Å². The summed E-state index contributed by atoms with van der Waals surface area (Å²) in [6, 6.07) is 0. The maximum atomic E-state index is 12.2. The minimum atomic E-state index is -5.88. The lowest BCUT2D eigenvalue weighted by Crippen LogP contribution is -2.50. The molecule has 0 aliphatic heterocycles. The van der Waals surface area contributed by atoms with Gasteiger partial charge in [0.25, 0.3) is 0 Å². The van der Waals surface area contributed by atoms with Crippen molar-refractivity contribution in [1.82, 2.24) is 5.32 Å². The van der Waals surface area contributed by atoms with Gasteiger partial charge >= 0.3 is 18.0 Å². The molecule has 0 saturated carbocycles. The Labute approximate surface area is 76.5 Å². The SMILES string of the molecule is CC#CCNC(=O)C(F)(F)C(F)(F)F. The molecule has 0 aliphatic carbocycles. The number of halogens is 5. The first-order valence-corrected chi connectivity index (χ1v) is 3.36. The van der Waals surface area contributed by atoms with Crippen LogP contribution in [0, 0.1) is 11.8 Å². The zero-order chi connectivity index (χ0) is 11.4. The molecule has 0 atom stereocenters. The van der Waals surface area contributed by atoms with Crippen LogP contribution < -0.4 is 5.32 Å². The fourth-order valence-corrected chi connectivity index (χ4v) is 0.453. The molecule has 0 saturated heterocycles. The Morgan fingerprint density at radius 1 is 1.29 bits per heavy atom. The molecule has 0 bridgehead atoms. The summed E-state index contributed by atoms with van der Waals surface area (Å²) in [6.45, 7) is 0.815. The van der Waals surface area contributed by atoms with Crippen molar-refractivity contribution in [1.29, 1.82) is 0 Å². The third-order valence-corrected chi connectivity index (χ3v) is 1.16. The molecule has 0 fully saturated rings. The summed E-state index contributed by atoms with van der Waals surface area (Å²) >= 11 is 0. The predicted octanol–water partition coefficient (Wildman–Crippen LogP) is 1.32. The summed E-state index contributed by atoms with van der Waals surface area (Å²) in [5.41, 5.74) is 0. The van der Waals surface area contributed by atoms with Crippen LogP contribution in [-0.4, -0.2) is 24.6 Å². The van der Waals surface area contributed by atoms with Crippen molar-refractivity contribution >= 4 is 5.91 Å². The Hall–Kier alpha value is -1.32. The number of hydrogen-bond donors (Lipinski definition) is 1. The number of amides is 1. The second kappa shape index (κ2) is 4.26. The molecule has 0 aromatic carbocycles.